The Hall–Kier alpha value is -0.580. The fourth-order valence-corrected chi connectivity index (χ4v) is 1.44. The van der Waals surface area contributed by atoms with Gasteiger partial charge in [-0.15, -0.1) is 0 Å². The maximum atomic E-state index is 5.15. The lowest BCUT2D eigenvalue weighted by molar-refractivity contribution is -0.0797. The number of ether oxygens (including phenoxy) is 3. The van der Waals surface area contributed by atoms with Gasteiger partial charge in [0.25, 0.3) is 0 Å². The molecule has 4 heteroatoms. The van der Waals surface area contributed by atoms with Gasteiger partial charge in [0, 0.05) is 4.47 Å². The average molecular weight is 319 g/mol. The minimum Gasteiger partial charge on any atom is -0.497 e. The highest BCUT2D eigenvalue weighted by molar-refractivity contribution is 9.10. The molecule has 1 aromatic rings. The summed E-state index contributed by atoms with van der Waals surface area (Å²) in [5.74, 6) is 0.887. The summed E-state index contributed by atoms with van der Waals surface area (Å²) in [6.45, 7) is 8.31. The van der Waals surface area contributed by atoms with Gasteiger partial charge >= 0.3 is 0 Å². The van der Waals surface area contributed by atoms with Gasteiger partial charge in [0.15, 0.2) is 0 Å². The van der Waals surface area contributed by atoms with E-state index in [1.807, 2.05) is 45.0 Å². The lowest BCUT2D eigenvalue weighted by Gasteiger charge is -2.18. The monoisotopic (exact) mass is 318 g/mol. The highest BCUT2D eigenvalue weighted by Crippen LogP contribution is 2.14. The number of benzene rings is 1. The van der Waals surface area contributed by atoms with Crippen LogP contribution in [0.5, 0.6) is 5.75 Å². The topological polar surface area (TPSA) is 27.7 Å². The second kappa shape index (κ2) is 11.5. The van der Waals surface area contributed by atoms with Gasteiger partial charge in [-0.3, -0.25) is 0 Å². The van der Waals surface area contributed by atoms with Crippen molar-refractivity contribution in [3.05, 3.63) is 28.7 Å². The normalized spacial score (nSPS) is 17.7. The molecule has 0 radical (unpaired) electrons. The largest absolute Gasteiger partial charge is 0.497 e. The first kappa shape index (κ1) is 17.4. The molecule has 1 fully saturated rings. The van der Waals surface area contributed by atoms with E-state index in [0.717, 1.165) is 30.0 Å². The van der Waals surface area contributed by atoms with Gasteiger partial charge in [0.2, 0.25) is 0 Å². The summed E-state index contributed by atoms with van der Waals surface area (Å²) in [4.78, 5) is 0. The molecule has 1 heterocycles. The van der Waals surface area contributed by atoms with Crippen molar-refractivity contribution in [2.75, 3.05) is 26.9 Å². The third-order valence-electron chi connectivity index (χ3n) is 2.03. The Kier molecular flexibility index (Phi) is 11.1. The van der Waals surface area contributed by atoms with Crippen LogP contribution in [-0.2, 0) is 9.47 Å². The number of hydrogen-bond acceptors (Lipinski definition) is 3. The SMILES string of the molecule is CC.CC1COCCO1.COc1ccc(Br)cc1. The third kappa shape index (κ3) is 8.50. The summed E-state index contributed by atoms with van der Waals surface area (Å²) in [5, 5.41) is 0. The zero-order valence-electron chi connectivity index (χ0n) is 11.6. The maximum absolute atomic E-state index is 5.15. The second-order valence-corrected chi connectivity index (χ2v) is 4.33. The van der Waals surface area contributed by atoms with Crippen LogP contribution in [0, 0.1) is 0 Å². The first-order valence-electron chi connectivity index (χ1n) is 6.21. The van der Waals surface area contributed by atoms with Crippen LogP contribution in [0.2, 0.25) is 0 Å². The molecule has 2 rings (SSSR count). The van der Waals surface area contributed by atoms with Crippen LogP contribution in [0.4, 0.5) is 0 Å². The minimum absolute atomic E-state index is 0.314. The molecule has 1 unspecified atom stereocenters. The molecule has 104 valence electrons. The maximum Gasteiger partial charge on any atom is 0.118 e. The fourth-order valence-electron chi connectivity index (χ4n) is 1.18. The zero-order valence-corrected chi connectivity index (χ0v) is 13.2. The van der Waals surface area contributed by atoms with Gasteiger partial charge in [-0.1, -0.05) is 29.8 Å². The quantitative estimate of drug-likeness (QED) is 0.785. The Labute approximate surface area is 119 Å². The highest BCUT2D eigenvalue weighted by Gasteiger charge is 2.06. The van der Waals surface area contributed by atoms with Gasteiger partial charge in [-0.05, 0) is 31.2 Å². The predicted octanol–water partition coefficient (Wildman–Crippen LogP) is 3.91. The molecule has 0 aromatic heterocycles. The average Bonchev–Trinajstić information content (AvgIpc) is 2.43. The van der Waals surface area contributed by atoms with Crippen LogP contribution in [0.1, 0.15) is 20.8 Å². The van der Waals surface area contributed by atoms with Crippen molar-refractivity contribution in [1.29, 1.82) is 0 Å². The standard InChI is InChI=1S/C7H7BrO.C5H10O2.C2H6/c1-9-7-4-2-6(8)3-5-7;1-5-4-6-2-3-7-5;1-2/h2-5H,1H3;5H,2-4H2,1H3;1-2H3. The van der Waals surface area contributed by atoms with Crippen LogP contribution >= 0.6 is 15.9 Å². The van der Waals surface area contributed by atoms with E-state index >= 15 is 0 Å². The third-order valence-corrected chi connectivity index (χ3v) is 2.56. The van der Waals surface area contributed by atoms with Crippen LogP contribution in [0.25, 0.3) is 0 Å². The first-order valence-corrected chi connectivity index (χ1v) is 7.00. The van der Waals surface area contributed by atoms with E-state index in [-0.39, 0.29) is 0 Å². The van der Waals surface area contributed by atoms with Crippen LogP contribution in [0.3, 0.4) is 0 Å². The van der Waals surface area contributed by atoms with Crippen molar-refractivity contribution < 1.29 is 14.2 Å². The summed E-state index contributed by atoms with van der Waals surface area (Å²) in [7, 11) is 1.66. The molecule has 1 saturated heterocycles. The Bertz CT molecular complexity index is 282. The van der Waals surface area contributed by atoms with Gasteiger partial charge < -0.3 is 14.2 Å². The first-order chi connectivity index (χ1) is 8.72. The molecule has 1 aliphatic heterocycles. The van der Waals surface area contributed by atoms with E-state index in [1.165, 1.54) is 0 Å². The van der Waals surface area contributed by atoms with Gasteiger partial charge in [0.05, 0.1) is 33.0 Å². The molecule has 0 bridgehead atoms. The summed E-state index contributed by atoms with van der Waals surface area (Å²) in [5.41, 5.74) is 0. The summed E-state index contributed by atoms with van der Waals surface area (Å²) in [6.07, 6.45) is 0.314. The van der Waals surface area contributed by atoms with Crippen LogP contribution < -0.4 is 4.74 Å². The Balaban J connectivity index is 0.000000289. The Morgan fingerprint density at radius 2 is 1.78 bits per heavy atom. The van der Waals surface area contributed by atoms with Gasteiger partial charge in [-0.25, -0.2) is 0 Å². The predicted molar refractivity (Wildman–Crippen MR) is 78.3 cm³/mol. The second-order valence-electron chi connectivity index (χ2n) is 3.41. The molecule has 0 aliphatic carbocycles. The van der Waals surface area contributed by atoms with Crippen molar-refractivity contribution >= 4 is 15.9 Å². The summed E-state index contributed by atoms with van der Waals surface area (Å²) in [6, 6.07) is 7.70. The van der Waals surface area contributed by atoms with Crippen molar-refractivity contribution in [1.82, 2.24) is 0 Å². The number of halogens is 1. The molecular formula is C14H23BrO3. The van der Waals surface area contributed by atoms with E-state index in [4.69, 9.17) is 14.2 Å². The molecule has 1 atom stereocenters. The zero-order chi connectivity index (χ0) is 13.8. The van der Waals surface area contributed by atoms with E-state index < -0.39 is 0 Å². The van der Waals surface area contributed by atoms with E-state index in [9.17, 15) is 0 Å². The number of rotatable bonds is 1. The van der Waals surface area contributed by atoms with Crippen LogP contribution in [0.15, 0.2) is 28.7 Å². The minimum atomic E-state index is 0.314. The molecular weight excluding hydrogens is 296 g/mol. The Morgan fingerprint density at radius 1 is 1.17 bits per heavy atom. The summed E-state index contributed by atoms with van der Waals surface area (Å²) < 4.78 is 16.2. The Morgan fingerprint density at radius 3 is 2.11 bits per heavy atom. The lowest BCUT2D eigenvalue weighted by atomic mass is 10.3. The molecule has 18 heavy (non-hydrogen) atoms. The van der Waals surface area contributed by atoms with Crippen molar-refractivity contribution in [3.63, 3.8) is 0 Å². The summed E-state index contributed by atoms with van der Waals surface area (Å²) >= 11 is 3.32. The van der Waals surface area contributed by atoms with Crippen LogP contribution in [-0.4, -0.2) is 33.0 Å². The molecule has 0 N–H and O–H groups in total. The highest BCUT2D eigenvalue weighted by atomic mass is 79.9. The van der Waals surface area contributed by atoms with Crippen molar-refractivity contribution in [2.24, 2.45) is 0 Å². The molecule has 3 nitrogen and oxygen atoms in total. The van der Waals surface area contributed by atoms with Crippen molar-refractivity contribution in [2.45, 2.75) is 26.9 Å². The van der Waals surface area contributed by atoms with E-state index in [2.05, 4.69) is 15.9 Å². The molecule has 0 saturated carbocycles. The van der Waals surface area contributed by atoms with Gasteiger partial charge in [-0.2, -0.15) is 0 Å². The molecule has 1 aromatic carbocycles. The molecule has 0 amide bonds. The van der Waals surface area contributed by atoms with Crippen molar-refractivity contribution in [3.8, 4) is 5.75 Å². The van der Waals surface area contributed by atoms with E-state index in [0.29, 0.717) is 6.10 Å². The fraction of sp³-hybridized carbons (Fsp3) is 0.571. The smallest absolute Gasteiger partial charge is 0.118 e. The molecule has 1 aliphatic rings. The lowest BCUT2D eigenvalue weighted by Crippen LogP contribution is -2.25. The van der Waals surface area contributed by atoms with E-state index in [1.54, 1.807) is 7.11 Å². The number of methoxy groups -OCH3 is 1. The molecule has 0 spiro atoms. The number of hydrogen-bond donors (Lipinski definition) is 0. The van der Waals surface area contributed by atoms with Gasteiger partial charge in [0.1, 0.15) is 5.75 Å².